The molecule has 0 radical (unpaired) electrons. The zero-order chi connectivity index (χ0) is 15.0. The van der Waals surface area contributed by atoms with Crippen molar-refractivity contribution in [1.29, 1.82) is 0 Å². The Labute approximate surface area is 115 Å². The lowest BCUT2D eigenvalue weighted by Crippen LogP contribution is -2.22. The van der Waals surface area contributed by atoms with Gasteiger partial charge in [0.15, 0.2) is 0 Å². The zero-order valence-corrected chi connectivity index (χ0v) is 10.9. The van der Waals surface area contributed by atoms with E-state index in [9.17, 15) is 19.7 Å². The largest absolute Gasteiger partial charge is 0.481 e. The summed E-state index contributed by atoms with van der Waals surface area (Å²) in [7, 11) is 0. The van der Waals surface area contributed by atoms with Gasteiger partial charge in [0.05, 0.1) is 4.92 Å². The molecular formula is C13H16N2O5. The summed E-state index contributed by atoms with van der Waals surface area (Å²) in [6, 6.07) is 5.94. The number of nitrogens with zero attached hydrogens (tertiary/aromatic N) is 1. The van der Waals surface area contributed by atoms with E-state index in [0.717, 1.165) is 5.56 Å². The van der Waals surface area contributed by atoms with Crippen LogP contribution < -0.4 is 5.32 Å². The van der Waals surface area contributed by atoms with Crippen molar-refractivity contribution in [3.05, 3.63) is 39.9 Å². The number of carboxylic acids is 1. The number of hydrogen-bond acceptors (Lipinski definition) is 4. The Bertz CT molecular complexity index is 484. The van der Waals surface area contributed by atoms with E-state index >= 15 is 0 Å². The molecule has 0 saturated carbocycles. The fourth-order valence-electron chi connectivity index (χ4n) is 1.59. The van der Waals surface area contributed by atoms with Crippen molar-refractivity contribution in [2.45, 2.75) is 32.2 Å². The predicted molar refractivity (Wildman–Crippen MR) is 71.0 cm³/mol. The standard InChI is InChI=1S/C13H16N2O5/c16-12(3-1-2-4-13(17)18)14-9-10-5-7-11(8-6-10)15(19)20/h5-8H,1-4,9H2,(H,14,16)(H,17,18). The number of carbonyl (C=O) groups excluding carboxylic acids is 1. The zero-order valence-electron chi connectivity index (χ0n) is 10.9. The molecule has 1 rings (SSSR count). The molecule has 0 aliphatic rings. The average molecular weight is 280 g/mol. The number of unbranched alkanes of at least 4 members (excludes halogenated alkanes) is 1. The minimum Gasteiger partial charge on any atom is -0.481 e. The first-order valence-electron chi connectivity index (χ1n) is 6.21. The second kappa shape index (κ2) is 7.88. The molecule has 0 heterocycles. The summed E-state index contributed by atoms with van der Waals surface area (Å²) >= 11 is 0. The van der Waals surface area contributed by atoms with Crippen LogP contribution >= 0.6 is 0 Å². The average Bonchev–Trinajstić information content (AvgIpc) is 2.41. The first kappa shape index (κ1) is 15.6. The summed E-state index contributed by atoms with van der Waals surface area (Å²) in [5.74, 6) is -1.02. The lowest BCUT2D eigenvalue weighted by Gasteiger charge is -2.05. The summed E-state index contributed by atoms with van der Waals surface area (Å²) in [4.78, 5) is 31.7. The summed E-state index contributed by atoms with van der Waals surface area (Å²) in [6.45, 7) is 0.301. The van der Waals surface area contributed by atoms with Gasteiger partial charge in [-0.05, 0) is 18.4 Å². The van der Waals surface area contributed by atoms with E-state index in [2.05, 4.69) is 5.32 Å². The van der Waals surface area contributed by atoms with Crippen LogP contribution in [-0.2, 0) is 16.1 Å². The summed E-state index contributed by atoms with van der Waals surface area (Å²) < 4.78 is 0. The molecule has 0 spiro atoms. The fraction of sp³-hybridized carbons (Fsp3) is 0.385. The van der Waals surface area contributed by atoms with Gasteiger partial charge < -0.3 is 10.4 Å². The maximum absolute atomic E-state index is 11.5. The number of nitrogens with one attached hydrogen (secondary N) is 1. The second-order valence-corrected chi connectivity index (χ2v) is 4.30. The van der Waals surface area contributed by atoms with Gasteiger partial charge in [0.2, 0.25) is 5.91 Å². The van der Waals surface area contributed by atoms with Crippen LogP contribution in [0.2, 0.25) is 0 Å². The molecule has 0 aliphatic heterocycles. The molecule has 0 bridgehead atoms. The van der Waals surface area contributed by atoms with Gasteiger partial charge in [-0.25, -0.2) is 0 Å². The summed E-state index contributed by atoms with van der Waals surface area (Å²) in [5, 5.41) is 21.6. The molecule has 0 saturated heterocycles. The van der Waals surface area contributed by atoms with E-state index in [0.29, 0.717) is 19.4 Å². The Morgan fingerprint density at radius 1 is 1.15 bits per heavy atom. The van der Waals surface area contributed by atoms with Crippen LogP contribution in [0.15, 0.2) is 24.3 Å². The van der Waals surface area contributed by atoms with Crippen LogP contribution in [0.4, 0.5) is 5.69 Å². The first-order chi connectivity index (χ1) is 9.49. The van der Waals surface area contributed by atoms with Gasteiger partial charge in [-0.15, -0.1) is 0 Å². The molecule has 20 heavy (non-hydrogen) atoms. The first-order valence-corrected chi connectivity index (χ1v) is 6.21. The number of amides is 1. The van der Waals surface area contributed by atoms with Gasteiger partial charge in [0.1, 0.15) is 0 Å². The lowest BCUT2D eigenvalue weighted by molar-refractivity contribution is -0.384. The third-order valence-corrected chi connectivity index (χ3v) is 2.68. The summed E-state index contributed by atoms with van der Waals surface area (Å²) in [5.41, 5.74) is 0.781. The quantitative estimate of drug-likeness (QED) is 0.429. The number of benzene rings is 1. The Balaban J connectivity index is 2.26. The number of carbonyl (C=O) groups is 2. The van der Waals surface area contributed by atoms with E-state index in [4.69, 9.17) is 5.11 Å². The van der Waals surface area contributed by atoms with Crippen molar-refractivity contribution < 1.29 is 19.6 Å². The van der Waals surface area contributed by atoms with Crippen LogP contribution in [0.3, 0.4) is 0 Å². The van der Waals surface area contributed by atoms with Crippen LogP contribution in [0, 0.1) is 10.1 Å². The molecule has 0 aromatic heterocycles. The van der Waals surface area contributed by atoms with Crippen molar-refractivity contribution in [2.24, 2.45) is 0 Å². The van der Waals surface area contributed by atoms with Gasteiger partial charge in [0.25, 0.3) is 5.69 Å². The number of aliphatic carboxylic acids is 1. The van der Waals surface area contributed by atoms with E-state index in [1.165, 1.54) is 12.1 Å². The van der Waals surface area contributed by atoms with Crippen LogP contribution in [0.5, 0.6) is 0 Å². The Morgan fingerprint density at radius 2 is 1.75 bits per heavy atom. The minimum atomic E-state index is -0.865. The topological polar surface area (TPSA) is 110 Å². The number of hydrogen-bond donors (Lipinski definition) is 2. The molecule has 108 valence electrons. The molecule has 0 atom stereocenters. The SMILES string of the molecule is O=C(O)CCCCC(=O)NCc1ccc([N+](=O)[O-])cc1. The highest BCUT2D eigenvalue weighted by Gasteiger charge is 2.05. The van der Waals surface area contributed by atoms with Crippen LogP contribution in [-0.4, -0.2) is 21.9 Å². The maximum Gasteiger partial charge on any atom is 0.303 e. The third kappa shape index (κ3) is 5.94. The number of carboxylic acid groups (broad SMARTS) is 1. The normalized spacial score (nSPS) is 10.0. The minimum absolute atomic E-state index is 0.00810. The van der Waals surface area contributed by atoms with Crippen molar-refractivity contribution in [1.82, 2.24) is 5.32 Å². The molecule has 7 heteroatoms. The summed E-state index contributed by atoms with van der Waals surface area (Å²) in [6.07, 6.45) is 1.34. The fourth-order valence-corrected chi connectivity index (χ4v) is 1.59. The van der Waals surface area contributed by atoms with Crippen molar-refractivity contribution in [2.75, 3.05) is 0 Å². The third-order valence-electron chi connectivity index (χ3n) is 2.68. The molecule has 1 amide bonds. The van der Waals surface area contributed by atoms with E-state index in [-0.39, 0.29) is 24.4 Å². The van der Waals surface area contributed by atoms with Crippen LogP contribution in [0.1, 0.15) is 31.2 Å². The number of rotatable bonds is 8. The van der Waals surface area contributed by atoms with Crippen molar-refractivity contribution in [3.8, 4) is 0 Å². The number of nitro groups is 1. The molecule has 0 aliphatic carbocycles. The smallest absolute Gasteiger partial charge is 0.303 e. The molecule has 0 unspecified atom stereocenters. The maximum atomic E-state index is 11.5. The number of non-ortho nitro benzene ring substituents is 1. The van der Waals surface area contributed by atoms with Crippen LogP contribution in [0.25, 0.3) is 0 Å². The van der Waals surface area contributed by atoms with Gasteiger partial charge in [0, 0.05) is 31.5 Å². The highest BCUT2D eigenvalue weighted by molar-refractivity contribution is 5.75. The van der Waals surface area contributed by atoms with Crippen molar-refractivity contribution in [3.63, 3.8) is 0 Å². The Morgan fingerprint density at radius 3 is 2.30 bits per heavy atom. The van der Waals surface area contributed by atoms with E-state index < -0.39 is 10.9 Å². The molecular weight excluding hydrogens is 264 g/mol. The second-order valence-electron chi connectivity index (χ2n) is 4.30. The van der Waals surface area contributed by atoms with Gasteiger partial charge in [-0.1, -0.05) is 12.1 Å². The highest BCUT2D eigenvalue weighted by Crippen LogP contribution is 2.11. The molecule has 2 N–H and O–H groups in total. The molecule has 1 aromatic rings. The molecule has 1 aromatic carbocycles. The predicted octanol–water partition coefficient (Wildman–Crippen LogP) is 1.86. The Hall–Kier alpha value is -2.44. The number of nitro benzene ring substituents is 1. The van der Waals surface area contributed by atoms with E-state index in [1.807, 2.05) is 0 Å². The van der Waals surface area contributed by atoms with Crippen molar-refractivity contribution >= 4 is 17.6 Å². The van der Waals surface area contributed by atoms with Gasteiger partial charge >= 0.3 is 5.97 Å². The monoisotopic (exact) mass is 280 g/mol. The molecule has 7 nitrogen and oxygen atoms in total. The van der Waals surface area contributed by atoms with Gasteiger partial charge in [-0.3, -0.25) is 19.7 Å². The Kier molecular flexibility index (Phi) is 6.15. The highest BCUT2D eigenvalue weighted by atomic mass is 16.6. The lowest BCUT2D eigenvalue weighted by atomic mass is 10.1. The molecule has 0 fully saturated rings. The van der Waals surface area contributed by atoms with E-state index in [1.54, 1.807) is 12.1 Å². The van der Waals surface area contributed by atoms with Gasteiger partial charge in [-0.2, -0.15) is 0 Å².